The van der Waals surface area contributed by atoms with Crippen LogP contribution in [0.4, 0.5) is 0 Å². The topological polar surface area (TPSA) is 46.0 Å². The Morgan fingerprint density at radius 3 is 2.59 bits per heavy atom. The van der Waals surface area contributed by atoms with Gasteiger partial charge in [-0.05, 0) is 32.8 Å². The second-order valence-corrected chi connectivity index (χ2v) is 7.20. The van der Waals surface area contributed by atoms with Gasteiger partial charge >= 0.3 is 0 Å². The molecule has 17 heavy (non-hydrogen) atoms. The lowest BCUT2D eigenvalue weighted by atomic mass is 9.90. The van der Waals surface area contributed by atoms with Crippen molar-refractivity contribution in [1.29, 1.82) is 0 Å². The van der Waals surface area contributed by atoms with E-state index in [1.165, 1.54) is 11.5 Å². The van der Waals surface area contributed by atoms with E-state index in [0.717, 1.165) is 20.6 Å². The number of hydrogen-bond acceptors (Lipinski definition) is 5. The van der Waals surface area contributed by atoms with E-state index >= 15 is 0 Å². The van der Waals surface area contributed by atoms with Gasteiger partial charge in [0.05, 0.1) is 10.6 Å². The van der Waals surface area contributed by atoms with Crippen molar-refractivity contribution in [3.05, 3.63) is 31.4 Å². The van der Waals surface area contributed by atoms with Crippen LogP contribution in [0.2, 0.25) is 0 Å². The quantitative estimate of drug-likeness (QED) is 0.911. The predicted octanol–water partition coefficient (Wildman–Crippen LogP) is 3.74. The summed E-state index contributed by atoms with van der Waals surface area (Å²) in [5.74, 6) is 0. The third-order valence-electron chi connectivity index (χ3n) is 2.41. The van der Waals surface area contributed by atoms with Crippen molar-refractivity contribution in [3.63, 3.8) is 0 Å². The summed E-state index contributed by atoms with van der Waals surface area (Å²) in [5.41, 5.74) is 1.64. The standard InChI is InChI=1S/C11H13BrN2OS2/c1-11(2,3)10-9(17-14-13-10)8(15)6-4-16-5-7(6)12/h4-5,8,15H,1-3H3. The molecule has 2 aromatic rings. The van der Waals surface area contributed by atoms with Crippen molar-refractivity contribution in [1.82, 2.24) is 9.59 Å². The molecule has 1 N–H and O–H groups in total. The number of aromatic nitrogens is 2. The molecule has 0 radical (unpaired) electrons. The summed E-state index contributed by atoms with van der Waals surface area (Å²) in [6.45, 7) is 6.22. The van der Waals surface area contributed by atoms with Crippen LogP contribution in [-0.4, -0.2) is 14.7 Å². The lowest BCUT2D eigenvalue weighted by molar-refractivity contribution is 0.221. The molecular formula is C11H13BrN2OS2. The first-order valence-corrected chi connectivity index (χ1v) is 7.64. The zero-order valence-corrected chi connectivity index (χ0v) is 13.0. The first-order chi connectivity index (χ1) is 7.91. The van der Waals surface area contributed by atoms with Crippen LogP contribution in [0.3, 0.4) is 0 Å². The summed E-state index contributed by atoms with van der Waals surface area (Å²) in [6.07, 6.45) is -0.648. The summed E-state index contributed by atoms with van der Waals surface area (Å²) >= 11 is 6.27. The van der Waals surface area contributed by atoms with Crippen molar-refractivity contribution in [2.75, 3.05) is 0 Å². The maximum atomic E-state index is 10.4. The molecule has 2 aromatic heterocycles. The number of halogens is 1. The SMILES string of the molecule is CC(C)(C)c1nnsc1C(O)c1cscc1Br. The van der Waals surface area contributed by atoms with Crippen molar-refractivity contribution < 1.29 is 5.11 Å². The molecule has 0 aromatic carbocycles. The Morgan fingerprint density at radius 2 is 2.06 bits per heavy atom. The normalized spacial score (nSPS) is 13.9. The second kappa shape index (κ2) is 4.76. The van der Waals surface area contributed by atoms with Gasteiger partial charge in [0.25, 0.3) is 0 Å². The number of aliphatic hydroxyl groups excluding tert-OH is 1. The smallest absolute Gasteiger partial charge is 0.119 e. The van der Waals surface area contributed by atoms with Gasteiger partial charge in [0, 0.05) is 20.8 Å². The number of thiophene rings is 1. The molecule has 1 atom stereocenters. The zero-order valence-electron chi connectivity index (χ0n) is 9.77. The molecule has 2 rings (SSSR count). The summed E-state index contributed by atoms with van der Waals surface area (Å²) in [4.78, 5) is 0.830. The number of rotatable bonds is 2. The van der Waals surface area contributed by atoms with Crippen molar-refractivity contribution in [2.45, 2.75) is 32.3 Å². The molecular weight excluding hydrogens is 320 g/mol. The average molecular weight is 333 g/mol. The Labute approximate surface area is 117 Å². The predicted molar refractivity (Wildman–Crippen MR) is 74.7 cm³/mol. The van der Waals surface area contributed by atoms with Gasteiger partial charge in [-0.2, -0.15) is 11.3 Å². The molecule has 2 heterocycles. The highest BCUT2D eigenvalue weighted by Gasteiger charge is 2.28. The third kappa shape index (κ3) is 2.59. The Morgan fingerprint density at radius 1 is 1.35 bits per heavy atom. The minimum Gasteiger partial charge on any atom is -0.383 e. The minimum atomic E-state index is -0.648. The zero-order chi connectivity index (χ0) is 12.6. The van der Waals surface area contributed by atoms with Gasteiger partial charge in [-0.25, -0.2) is 0 Å². The molecule has 1 unspecified atom stereocenters. The highest BCUT2D eigenvalue weighted by atomic mass is 79.9. The molecule has 0 saturated heterocycles. The summed E-state index contributed by atoms with van der Waals surface area (Å²) in [6, 6.07) is 0. The largest absolute Gasteiger partial charge is 0.383 e. The fourth-order valence-electron chi connectivity index (χ4n) is 1.52. The Balaban J connectivity index is 2.42. The van der Waals surface area contributed by atoms with Crippen LogP contribution in [0, 0.1) is 0 Å². The van der Waals surface area contributed by atoms with Crippen LogP contribution in [0.25, 0.3) is 0 Å². The van der Waals surface area contributed by atoms with Gasteiger partial charge in [-0.1, -0.05) is 25.3 Å². The molecule has 3 nitrogen and oxygen atoms in total. The van der Waals surface area contributed by atoms with Crippen LogP contribution in [-0.2, 0) is 5.41 Å². The van der Waals surface area contributed by atoms with E-state index in [1.807, 2.05) is 10.8 Å². The van der Waals surface area contributed by atoms with Gasteiger partial charge in [-0.15, -0.1) is 5.10 Å². The maximum Gasteiger partial charge on any atom is 0.119 e. The summed E-state index contributed by atoms with van der Waals surface area (Å²) in [7, 11) is 0. The summed E-state index contributed by atoms with van der Waals surface area (Å²) in [5, 5.41) is 18.5. The van der Waals surface area contributed by atoms with Gasteiger partial charge in [0.1, 0.15) is 6.10 Å². The molecule has 0 aliphatic heterocycles. The first kappa shape index (κ1) is 13.1. The number of aliphatic hydroxyl groups is 1. The first-order valence-electron chi connectivity index (χ1n) is 5.13. The van der Waals surface area contributed by atoms with Crippen LogP contribution < -0.4 is 0 Å². The number of nitrogens with zero attached hydrogens (tertiary/aromatic N) is 2. The molecule has 0 bridgehead atoms. The average Bonchev–Trinajstić information content (AvgIpc) is 2.82. The maximum absolute atomic E-state index is 10.4. The van der Waals surface area contributed by atoms with Crippen LogP contribution in [0.15, 0.2) is 15.2 Å². The molecule has 0 aliphatic carbocycles. The Kier molecular flexibility index (Phi) is 3.68. The molecule has 0 aliphatic rings. The van der Waals surface area contributed by atoms with E-state index in [0.29, 0.717) is 0 Å². The van der Waals surface area contributed by atoms with Gasteiger partial charge in [0.2, 0.25) is 0 Å². The van der Waals surface area contributed by atoms with Crippen molar-refractivity contribution in [3.8, 4) is 0 Å². The molecule has 0 amide bonds. The molecule has 0 saturated carbocycles. The minimum absolute atomic E-state index is 0.105. The van der Waals surface area contributed by atoms with E-state index in [9.17, 15) is 5.11 Å². The van der Waals surface area contributed by atoms with E-state index in [2.05, 4.69) is 46.3 Å². The van der Waals surface area contributed by atoms with Gasteiger partial charge in [0.15, 0.2) is 0 Å². The molecule has 0 spiro atoms. The molecule has 0 fully saturated rings. The second-order valence-electron chi connectivity index (χ2n) is 4.81. The van der Waals surface area contributed by atoms with Crippen molar-refractivity contribution in [2.24, 2.45) is 0 Å². The highest BCUT2D eigenvalue weighted by Crippen LogP contribution is 2.37. The fraction of sp³-hybridized carbons (Fsp3) is 0.455. The highest BCUT2D eigenvalue weighted by molar-refractivity contribution is 9.10. The lowest BCUT2D eigenvalue weighted by Crippen LogP contribution is -2.16. The summed E-state index contributed by atoms with van der Waals surface area (Å²) < 4.78 is 4.90. The Hall–Kier alpha value is -0.300. The van der Waals surface area contributed by atoms with E-state index in [1.54, 1.807) is 11.3 Å². The molecule has 6 heteroatoms. The van der Waals surface area contributed by atoms with Crippen LogP contribution >= 0.6 is 38.8 Å². The van der Waals surface area contributed by atoms with E-state index in [4.69, 9.17) is 0 Å². The number of hydrogen-bond donors (Lipinski definition) is 1. The van der Waals surface area contributed by atoms with Crippen LogP contribution in [0.1, 0.15) is 43.0 Å². The van der Waals surface area contributed by atoms with Gasteiger partial charge in [-0.3, -0.25) is 0 Å². The van der Waals surface area contributed by atoms with E-state index in [-0.39, 0.29) is 5.41 Å². The van der Waals surface area contributed by atoms with Crippen molar-refractivity contribution >= 4 is 38.8 Å². The monoisotopic (exact) mass is 332 g/mol. The van der Waals surface area contributed by atoms with E-state index < -0.39 is 6.10 Å². The van der Waals surface area contributed by atoms with Gasteiger partial charge < -0.3 is 5.11 Å². The lowest BCUT2D eigenvalue weighted by Gasteiger charge is -2.18. The Bertz CT molecular complexity index is 516. The van der Waals surface area contributed by atoms with Crippen LogP contribution in [0.5, 0.6) is 0 Å². The fourth-order valence-corrected chi connectivity index (χ4v) is 3.93. The third-order valence-corrected chi connectivity index (χ3v) is 4.94. The molecule has 92 valence electrons.